The number of nitrogens with zero attached hydrogens (tertiary/aromatic N) is 1. The Morgan fingerprint density at radius 1 is 0.789 bits per heavy atom. The maximum absolute atomic E-state index is 4.54. The van der Waals surface area contributed by atoms with Crippen LogP contribution in [0.25, 0.3) is 22.0 Å². The molecule has 0 aliphatic carbocycles. The third kappa shape index (κ3) is 2.01. The van der Waals surface area contributed by atoms with Gasteiger partial charge in [-0.3, -0.25) is 4.98 Å². The Balaban J connectivity index is 2.40. The second-order valence-corrected chi connectivity index (χ2v) is 5.15. The molecule has 0 saturated carbocycles. The lowest BCUT2D eigenvalue weighted by molar-refractivity contribution is 1.34. The predicted molar refractivity (Wildman–Crippen MR) is 81.4 cm³/mol. The van der Waals surface area contributed by atoms with Crippen molar-refractivity contribution in [3.63, 3.8) is 0 Å². The number of benzene rings is 2. The smallest absolute Gasteiger partial charge is 0.0737 e. The zero-order valence-electron chi connectivity index (χ0n) is 11.6. The van der Waals surface area contributed by atoms with Crippen LogP contribution in [-0.2, 0) is 0 Å². The van der Waals surface area contributed by atoms with E-state index < -0.39 is 0 Å². The minimum absolute atomic E-state index is 1.10. The van der Waals surface area contributed by atoms with Gasteiger partial charge >= 0.3 is 0 Å². The number of hydrogen-bond acceptors (Lipinski definition) is 1. The van der Waals surface area contributed by atoms with Crippen molar-refractivity contribution in [1.82, 2.24) is 4.98 Å². The van der Waals surface area contributed by atoms with E-state index in [0.29, 0.717) is 0 Å². The third-order valence-electron chi connectivity index (χ3n) is 3.62. The fraction of sp³-hybridized carbons (Fsp3) is 0.167. The van der Waals surface area contributed by atoms with Crippen LogP contribution in [0.1, 0.15) is 16.7 Å². The Morgan fingerprint density at radius 3 is 2.37 bits per heavy atom. The summed E-state index contributed by atoms with van der Waals surface area (Å²) in [7, 11) is 0. The van der Waals surface area contributed by atoms with Gasteiger partial charge in [-0.25, -0.2) is 0 Å². The van der Waals surface area contributed by atoms with Gasteiger partial charge < -0.3 is 0 Å². The highest BCUT2D eigenvalue weighted by atomic mass is 14.7. The average Bonchev–Trinajstić information content (AvgIpc) is 2.39. The molecule has 0 N–H and O–H groups in total. The van der Waals surface area contributed by atoms with E-state index in [-0.39, 0.29) is 0 Å². The van der Waals surface area contributed by atoms with Crippen LogP contribution < -0.4 is 0 Å². The molecule has 1 nitrogen and oxygen atoms in total. The number of hydrogen-bond donors (Lipinski definition) is 0. The molecule has 0 amide bonds. The second kappa shape index (κ2) is 4.51. The van der Waals surface area contributed by atoms with Gasteiger partial charge in [0.05, 0.1) is 5.52 Å². The SMILES string of the molecule is Cc1cc(C)c2nccc(-c3ccccc3C)c2c1. The highest BCUT2D eigenvalue weighted by Gasteiger charge is 2.08. The van der Waals surface area contributed by atoms with Crippen LogP contribution >= 0.6 is 0 Å². The molecule has 2 aromatic carbocycles. The summed E-state index contributed by atoms with van der Waals surface area (Å²) in [6.07, 6.45) is 1.91. The molecule has 0 aliphatic rings. The van der Waals surface area contributed by atoms with E-state index in [9.17, 15) is 0 Å². The Bertz CT molecular complexity index is 757. The Hall–Kier alpha value is -2.15. The molecule has 3 aromatic rings. The van der Waals surface area contributed by atoms with E-state index in [4.69, 9.17) is 0 Å². The van der Waals surface area contributed by atoms with Crippen molar-refractivity contribution in [3.8, 4) is 11.1 Å². The van der Waals surface area contributed by atoms with Gasteiger partial charge in [-0.2, -0.15) is 0 Å². The standard InChI is InChI=1S/C18H17N/c1-12-10-14(3)18-17(11-12)16(8-9-19-18)15-7-5-4-6-13(15)2/h4-11H,1-3H3. The lowest BCUT2D eigenvalue weighted by atomic mass is 9.95. The number of pyridine rings is 1. The summed E-state index contributed by atoms with van der Waals surface area (Å²) in [6.45, 7) is 6.43. The van der Waals surface area contributed by atoms with Crippen molar-refractivity contribution >= 4 is 10.9 Å². The molecule has 1 heterocycles. The summed E-state index contributed by atoms with van der Waals surface area (Å²) < 4.78 is 0. The average molecular weight is 247 g/mol. The van der Waals surface area contributed by atoms with Crippen molar-refractivity contribution in [2.75, 3.05) is 0 Å². The van der Waals surface area contributed by atoms with E-state index in [2.05, 4.69) is 68.2 Å². The van der Waals surface area contributed by atoms with Crippen LogP contribution in [0.15, 0.2) is 48.7 Å². The summed E-state index contributed by atoms with van der Waals surface area (Å²) in [5, 5.41) is 1.24. The Kier molecular flexibility index (Phi) is 2.83. The van der Waals surface area contributed by atoms with E-state index in [1.165, 1.54) is 33.2 Å². The monoisotopic (exact) mass is 247 g/mol. The lowest BCUT2D eigenvalue weighted by Crippen LogP contribution is -1.90. The molecule has 3 rings (SSSR count). The van der Waals surface area contributed by atoms with Crippen molar-refractivity contribution in [2.24, 2.45) is 0 Å². The van der Waals surface area contributed by atoms with Crippen LogP contribution in [0.4, 0.5) is 0 Å². The topological polar surface area (TPSA) is 12.9 Å². The molecule has 0 fully saturated rings. The fourth-order valence-corrected chi connectivity index (χ4v) is 2.72. The maximum Gasteiger partial charge on any atom is 0.0737 e. The largest absolute Gasteiger partial charge is 0.256 e. The zero-order chi connectivity index (χ0) is 13.4. The van der Waals surface area contributed by atoms with Gasteiger partial charge in [-0.05, 0) is 55.2 Å². The van der Waals surface area contributed by atoms with Crippen LogP contribution in [0.5, 0.6) is 0 Å². The molecule has 0 radical (unpaired) electrons. The molecule has 1 heteroatoms. The van der Waals surface area contributed by atoms with E-state index in [1.807, 2.05) is 6.20 Å². The fourth-order valence-electron chi connectivity index (χ4n) is 2.72. The molecule has 1 aromatic heterocycles. The molecule has 19 heavy (non-hydrogen) atoms. The first kappa shape index (κ1) is 11.9. The summed E-state index contributed by atoms with van der Waals surface area (Å²) in [5.41, 5.74) is 7.49. The van der Waals surface area contributed by atoms with E-state index in [0.717, 1.165) is 5.52 Å². The van der Waals surface area contributed by atoms with Crippen LogP contribution in [0, 0.1) is 20.8 Å². The van der Waals surface area contributed by atoms with Crippen LogP contribution in [0.2, 0.25) is 0 Å². The summed E-state index contributed by atoms with van der Waals surface area (Å²) in [5.74, 6) is 0. The summed E-state index contributed by atoms with van der Waals surface area (Å²) in [4.78, 5) is 4.54. The van der Waals surface area contributed by atoms with Crippen LogP contribution in [-0.4, -0.2) is 4.98 Å². The molecule has 0 unspecified atom stereocenters. The van der Waals surface area contributed by atoms with Gasteiger partial charge in [0.2, 0.25) is 0 Å². The molecule has 0 atom stereocenters. The molecular weight excluding hydrogens is 230 g/mol. The number of rotatable bonds is 1. The molecule has 0 spiro atoms. The van der Waals surface area contributed by atoms with Gasteiger partial charge in [0, 0.05) is 11.6 Å². The number of fused-ring (bicyclic) bond motifs is 1. The minimum atomic E-state index is 1.10. The maximum atomic E-state index is 4.54. The molecule has 0 aliphatic heterocycles. The van der Waals surface area contributed by atoms with E-state index in [1.54, 1.807) is 0 Å². The highest BCUT2D eigenvalue weighted by Crippen LogP contribution is 2.31. The zero-order valence-corrected chi connectivity index (χ0v) is 11.6. The van der Waals surface area contributed by atoms with Gasteiger partial charge in [-0.1, -0.05) is 35.9 Å². The number of aryl methyl sites for hydroxylation is 3. The number of aromatic nitrogens is 1. The lowest BCUT2D eigenvalue weighted by Gasteiger charge is -2.11. The Labute approximate surface area is 113 Å². The van der Waals surface area contributed by atoms with E-state index >= 15 is 0 Å². The normalized spacial score (nSPS) is 10.9. The second-order valence-electron chi connectivity index (χ2n) is 5.15. The highest BCUT2D eigenvalue weighted by molar-refractivity contribution is 5.96. The minimum Gasteiger partial charge on any atom is -0.256 e. The molecular formula is C18H17N. The molecule has 94 valence electrons. The Morgan fingerprint density at radius 2 is 1.58 bits per heavy atom. The van der Waals surface area contributed by atoms with Crippen molar-refractivity contribution in [2.45, 2.75) is 20.8 Å². The van der Waals surface area contributed by atoms with Crippen LogP contribution in [0.3, 0.4) is 0 Å². The first-order valence-electron chi connectivity index (χ1n) is 6.59. The first-order valence-corrected chi connectivity index (χ1v) is 6.59. The van der Waals surface area contributed by atoms with Gasteiger partial charge in [0.1, 0.15) is 0 Å². The van der Waals surface area contributed by atoms with Gasteiger partial charge in [-0.15, -0.1) is 0 Å². The molecule has 0 bridgehead atoms. The van der Waals surface area contributed by atoms with Crippen molar-refractivity contribution in [1.29, 1.82) is 0 Å². The van der Waals surface area contributed by atoms with Gasteiger partial charge in [0.25, 0.3) is 0 Å². The third-order valence-corrected chi connectivity index (χ3v) is 3.62. The molecule has 0 saturated heterocycles. The summed E-state index contributed by atoms with van der Waals surface area (Å²) in [6, 6.07) is 15.1. The van der Waals surface area contributed by atoms with Gasteiger partial charge in [0.15, 0.2) is 0 Å². The van der Waals surface area contributed by atoms with Crippen molar-refractivity contribution < 1.29 is 0 Å². The summed E-state index contributed by atoms with van der Waals surface area (Å²) >= 11 is 0. The predicted octanol–water partition coefficient (Wildman–Crippen LogP) is 4.83. The van der Waals surface area contributed by atoms with Crippen molar-refractivity contribution in [3.05, 3.63) is 65.4 Å². The first-order chi connectivity index (χ1) is 9.16. The quantitative estimate of drug-likeness (QED) is 0.600.